The largest absolute Gasteiger partial charge is 0.489 e. The summed E-state index contributed by atoms with van der Waals surface area (Å²) in [6.45, 7) is 4.09. The van der Waals surface area contributed by atoms with Gasteiger partial charge in [-0.2, -0.15) is 0 Å². The Bertz CT molecular complexity index is 884. The first-order valence-corrected chi connectivity index (χ1v) is 9.37. The van der Waals surface area contributed by atoms with Gasteiger partial charge in [0.25, 0.3) is 0 Å². The second-order valence-electron chi connectivity index (χ2n) is 7.04. The first kappa shape index (κ1) is 20.5. The van der Waals surface area contributed by atoms with Crippen molar-refractivity contribution in [2.24, 2.45) is 11.7 Å². The zero-order valence-electron chi connectivity index (χ0n) is 16.4. The predicted molar refractivity (Wildman–Crippen MR) is 108 cm³/mol. The van der Waals surface area contributed by atoms with Gasteiger partial charge in [0, 0.05) is 11.8 Å². The van der Waals surface area contributed by atoms with Crippen LogP contribution in [-0.2, 0) is 16.2 Å². The molecule has 0 spiro atoms. The average Bonchev–Trinajstić information content (AvgIpc) is 3.18. The molecule has 0 radical (unpaired) electrons. The van der Waals surface area contributed by atoms with Crippen molar-refractivity contribution in [2.75, 3.05) is 18.7 Å². The van der Waals surface area contributed by atoms with Crippen LogP contribution in [0.25, 0.3) is 0 Å². The van der Waals surface area contributed by atoms with Crippen molar-refractivity contribution >= 4 is 17.5 Å². The lowest BCUT2D eigenvalue weighted by Crippen LogP contribution is -2.46. The molecule has 1 aliphatic heterocycles. The molecule has 154 valence electrons. The summed E-state index contributed by atoms with van der Waals surface area (Å²) in [4.78, 5) is 23.9. The number of nitrogens with two attached hydrogens (primary N) is 1. The molecule has 1 aliphatic rings. The van der Waals surface area contributed by atoms with E-state index in [-0.39, 0.29) is 31.1 Å². The second-order valence-corrected chi connectivity index (χ2v) is 7.04. The van der Waals surface area contributed by atoms with Crippen molar-refractivity contribution in [3.05, 3.63) is 48.0 Å². The van der Waals surface area contributed by atoms with Gasteiger partial charge < -0.3 is 30.6 Å². The first-order valence-electron chi connectivity index (χ1n) is 9.37. The summed E-state index contributed by atoms with van der Waals surface area (Å²) in [6, 6.07) is 12.0. The number of carbonyl (C=O) groups excluding carboxylic acids is 2. The Kier molecular flexibility index (Phi) is 6.56. The quantitative estimate of drug-likeness (QED) is 0.626. The van der Waals surface area contributed by atoms with Gasteiger partial charge >= 0.3 is 0 Å². The molecule has 1 heterocycles. The molecular weight excluding hydrogens is 374 g/mol. The highest BCUT2D eigenvalue weighted by Crippen LogP contribution is 2.35. The van der Waals surface area contributed by atoms with Crippen LogP contribution in [0, 0.1) is 5.92 Å². The van der Waals surface area contributed by atoms with Crippen molar-refractivity contribution in [1.82, 2.24) is 5.32 Å². The minimum absolute atomic E-state index is 0.000460. The smallest absolute Gasteiger partial charge is 0.243 e. The summed E-state index contributed by atoms with van der Waals surface area (Å²) in [6.07, 6.45) is 0. The van der Waals surface area contributed by atoms with E-state index < -0.39 is 6.04 Å². The Labute approximate surface area is 169 Å². The van der Waals surface area contributed by atoms with Crippen LogP contribution < -0.4 is 30.6 Å². The number of amides is 2. The van der Waals surface area contributed by atoms with Crippen molar-refractivity contribution in [3.63, 3.8) is 0 Å². The van der Waals surface area contributed by atoms with Gasteiger partial charge in [0.05, 0.1) is 12.6 Å². The van der Waals surface area contributed by atoms with E-state index in [2.05, 4.69) is 10.6 Å². The fourth-order valence-electron chi connectivity index (χ4n) is 2.67. The first-order chi connectivity index (χ1) is 13.9. The minimum atomic E-state index is -0.639. The second kappa shape index (κ2) is 9.29. The number of ether oxygens (including phenoxy) is 3. The lowest BCUT2D eigenvalue weighted by atomic mass is 10.1. The Balaban J connectivity index is 1.50. The van der Waals surface area contributed by atoms with Crippen LogP contribution in [0.15, 0.2) is 42.5 Å². The maximum absolute atomic E-state index is 12.1. The van der Waals surface area contributed by atoms with Crippen LogP contribution in [0.3, 0.4) is 0 Å². The summed E-state index contributed by atoms with van der Waals surface area (Å²) in [7, 11) is 0. The maximum Gasteiger partial charge on any atom is 0.243 e. The fourth-order valence-corrected chi connectivity index (χ4v) is 2.67. The van der Waals surface area contributed by atoms with Crippen LogP contribution in [0.5, 0.6) is 17.2 Å². The van der Waals surface area contributed by atoms with E-state index in [4.69, 9.17) is 19.9 Å². The van der Waals surface area contributed by atoms with Gasteiger partial charge in [-0.15, -0.1) is 0 Å². The van der Waals surface area contributed by atoms with Crippen LogP contribution in [0.1, 0.15) is 19.4 Å². The lowest BCUT2D eigenvalue weighted by Gasteiger charge is -2.15. The molecule has 0 unspecified atom stereocenters. The van der Waals surface area contributed by atoms with E-state index >= 15 is 0 Å². The van der Waals surface area contributed by atoms with Crippen LogP contribution in [0.4, 0.5) is 5.69 Å². The molecule has 0 aromatic heterocycles. The van der Waals surface area contributed by atoms with Gasteiger partial charge in [-0.1, -0.05) is 26.0 Å². The number of fused-ring (bicyclic) bond motifs is 1. The van der Waals surface area contributed by atoms with Gasteiger partial charge in [-0.3, -0.25) is 9.59 Å². The van der Waals surface area contributed by atoms with Gasteiger partial charge in [0.2, 0.25) is 18.6 Å². The average molecular weight is 399 g/mol. The van der Waals surface area contributed by atoms with Crippen molar-refractivity contribution in [2.45, 2.75) is 26.5 Å². The molecule has 29 heavy (non-hydrogen) atoms. The minimum Gasteiger partial charge on any atom is -0.489 e. The van der Waals surface area contributed by atoms with Crippen LogP contribution in [0.2, 0.25) is 0 Å². The summed E-state index contributed by atoms with van der Waals surface area (Å²) in [5, 5.41) is 5.29. The molecule has 3 rings (SSSR count). The van der Waals surface area contributed by atoms with Crippen molar-refractivity contribution < 1.29 is 23.8 Å². The molecule has 8 nitrogen and oxygen atoms in total. The van der Waals surface area contributed by atoms with Crippen molar-refractivity contribution in [3.8, 4) is 17.2 Å². The zero-order chi connectivity index (χ0) is 20.8. The SMILES string of the molecule is CC(C)[C@H](N)C(=O)NCC(=O)Nc1cccc(COc2ccc3c(c2)OCO3)c1. The summed E-state index contributed by atoms with van der Waals surface area (Å²) in [5.41, 5.74) is 7.25. The van der Waals surface area contributed by atoms with Gasteiger partial charge in [-0.25, -0.2) is 0 Å². The highest BCUT2D eigenvalue weighted by molar-refractivity contribution is 5.95. The molecule has 2 amide bonds. The third kappa shape index (κ3) is 5.61. The molecular formula is C21H25N3O5. The molecule has 0 saturated carbocycles. The molecule has 0 aliphatic carbocycles. The van der Waals surface area contributed by atoms with Crippen LogP contribution >= 0.6 is 0 Å². The Hall–Kier alpha value is -3.26. The number of nitrogens with one attached hydrogen (secondary N) is 2. The normalized spacial score (nSPS) is 13.1. The number of hydrogen-bond acceptors (Lipinski definition) is 6. The summed E-state index contributed by atoms with van der Waals surface area (Å²) >= 11 is 0. The van der Waals surface area contributed by atoms with Crippen molar-refractivity contribution in [1.29, 1.82) is 0 Å². The van der Waals surface area contributed by atoms with E-state index in [0.29, 0.717) is 29.5 Å². The topological polar surface area (TPSA) is 112 Å². The third-order valence-corrected chi connectivity index (χ3v) is 4.40. The van der Waals surface area contributed by atoms with E-state index in [0.717, 1.165) is 5.56 Å². The number of anilines is 1. The number of carbonyl (C=O) groups is 2. The maximum atomic E-state index is 12.1. The molecule has 0 fully saturated rings. The summed E-state index contributed by atoms with van der Waals surface area (Å²) < 4.78 is 16.4. The predicted octanol–water partition coefficient (Wildman–Crippen LogP) is 2.03. The molecule has 0 saturated heterocycles. The zero-order valence-corrected chi connectivity index (χ0v) is 16.4. The Morgan fingerprint density at radius 1 is 1.14 bits per heavy atom. The number of hydrogen-bond donors (Lipinski definition) is 3. The molecule has 2 aromatic rings. The standard InChI is InChI=1S/C21H25N3O5/c1-13(2)20(22)21(26)23-10-19(25)24-15-5-3-4-14(8-15)11-27-16-6-7-17-18(9-16)29-12-28-17/h3-9,13,20H,10-12,22H2,1-2H3,(H,23,26)(H,24,25)/t20-/m0/s1. The van der Waals surface area contributed by atoms with E-state index in [1.165, 1.54) is 0 Å². The Morgan fingerprint density at radius 2 is 1.93 bits per heavy atom. The molecule has 2 aromatic carbocycles. The Morgan fingerprint density at radius 3 is 2.72 bits per heavy atom. The third-order valence-electron chi connectivity index (χ3n) is 4.40. The monoisotopic (exact) mass is 399 g/mol. The highest BCUT2D eigenvalue weighted by Gasteiger charge is 2.17. The van der Waals surface area contributed by atoms with Gasteiger partial charge in [-0.05, 0) is 35.7 Å². The van der Waals surface area contributed by atoms with Gasteiger partial charge in [0.1, 0.15) is 12.4 Å². The van der Waals surface area contributed by atoms with E-state index in [1.807, 2.05) is 38.1 Å². The highest BCUT2D eigenvalue weighted by atomic mass is 16.7. The van der Waals surface area contributed by atoms with E-state index in [9.17, 15) is 9.59 Å². The molecule has 1 atom stereocenters. The number of benzene rings is 2. The molecule has 4 N–H and O–H groups in total. The van der Waals surface area contributed by atoms with Gasteiger partial charge in [0.15, 0.2) is 11.5 Å². The van der Waals surface area contributed by atoms with E-state index in [1.54, 1.807) is 18.2 Å². The molecule has 8 heteroatoms. The van der Waals surface area contributed by atoms with Crippen LogP contribution in [-0.4, -0.2) is 31.2 Å². The summed E-state index contributed by atoms with van der Waals surface area (Å²) in [5.74, 6) is 1.34. The molecule has 0 bridgehead atoms. The lowest BCUT2D eigenvalue weighted by molar-refractivity contribution is -0.125. The number of rotatable bonds is 8. The fraction of sp³-hybridized carbons (Fsp3) is 0.333.